The van der Waals surface area contributed by atoms with Crippen LogP contribution in [-0.4, -0.2) is 23.4 Å². The van der Waals surface area contributed by atoms with Crippen LogP contribution in [0.5, 0.6) is 5.75 Å². The first-order chi connectivity index (χ1) is 9.67. The third-order valence-corrected chi connectivity index (χ3v) is 3.54. The number of aryl methyl sites for hydroxylation is 2. The van der Waals surface area contributed by atoms with Crippen molar-refractivity contribution >= 4 is 0 Å². The Morgan fingerprint density at radius 1 is 1.35 bits per heavy atom. The number of methoxy groups -OCH3 is 1. The van der Waals surface area contributed by atoms with Gasteiger partial charge < -0.3 is 10.1 Å². The molecule has 0 aliphatic heterocycles. The average Bonchev–Trinajstić information content (AvgIpc) is 2.87. The van der Waals surface area contributed by atoms with Gasteiger partial charge >= 0.3 is 0 Å². The number of ether oxygens (including phenoxy) is 1. The van der Waals surface area contributed by atoms with Crippen molar-refractivity contribution in [3.05, 3.63) is 47.3 Å². The number of hydrogen-bond donors (Lipinski definition) is 1. The van der Waals surface area contributed by atoms with Crippen molar-refractivity contribution in [1.82, 2.24) is 15.1 Å². The molecule has 0 bridgehead atoms. The summed E-state index contributed by atoms with van der Waals surface area (Å²) in [6, 6.07) is 8.45. The number of nitrogens with zero attached hydrogens (tertiary/aromatic N) is 2. The summed E-state index contributed by atoms with van der Waals surface area (Å²) in [4.78, 5) is 0. The Morgan fingerprint density at radius 3 is 2.70 bits per heavy atom. The van der Waals surface area contributed by atoms with E-state index >= 15 is 0 Å². The molecule has 0 aliphatic carbocycles. The van der Waals surface area contributed by atoms with Gasteiger partial charge in [0.05, 0.1) is 18.8 Å². The molecule has 108 valence electrons. The van der Waals surface area contributed by atoms with Crippen LogP contribution < -0.4 is 10.1 Å². The van der Waals surface area contributed by atoms with Gasteiger partial charge in [-0.2, -0.15) is 5.10 Å². The Labute approximate surface area is 120 Å². The van der Waals surface area contributed by atoms with Gasteiger partial charge in [-0.05, 0) is 49.2 Å². The maximum atomic E-state index is 5.29. The highest BCUT2D eigenvalue weighted by molar-refractivity contribution is 5.39. The van der Waals surface area contributed by atoms with Gasteiger partial charge in [0.15, 0.2) is 0 Å². The van der Waals surface area contributed by atoms with E-state index < -0.39 is 0 Å². The van der Waals surface area contributed by atoms with Crippen molar-refractivity contribution in [2.75, 3.05) is 13.7 Å². The van der Waals surface area contributed by atoms with Crippen LogP contribution in [0.1, 0.15) is 36.2 Å². The summed E-state index contributed by atoms with van der Waals surface area (Å²) >= 11 is 0. The molecular weight excluding hydrogens is 250 g/mol. The number of hydrogen-bond acceptors (Lipinski definition) is 3. The fourth-order valence-electron chi connectivity index (χ4n) is 2.43. The minimum atomic E-state index is 0.161. The van der Waals surface area contributed by atoms with E-state index in [0.717, 1.165) is 18.7 Å². The Balaban J connectivity index is 2.38. The summed E-state index contributed by atoms with van der Waals surface area (Å²) < 4.78 is 7.21. The van der Waals surface area contributed by atoms with E-state index in [1.807, 2.05) is 24.0 Å². The van der Waals surface area contributed by atoms with E-state index in [1.54, 1.807) is 7.11 Å². The molecule has 1 unspecified atom stereocenters. The molecule has 0 saturated heterocycles. The predicted octanol–water partition coefficient (Wildman–Crippen LogP) is 2.83. The topological polar surface area (TPSA) is 39.1 Å². The summed E-state index contributed by atoms with van der Waals surface area (Å²) in [5.74, 6) is 0.894. The zero-order valence-corrected chi connectivity index (χ0v) is 12.7. The van der Waals surface area contributed by atoms with E-state index in [1.165, 1.54) is 16.8 Å². The first kappa shape index (κ1) is 14.6. The van der Waals surface area contributed by atoms with Gasteiger partial charge in [-0.15, -0.1) is 0 Å². The van der Waals surface area contributed by atoms with Crippen molar-refractivity contribution in [2.24, 2.45) is 7.05 Å². The predicted molar refractivity (Wildman–Crippen MR) is 81.1 cm³/mol. The van der Waals surface area contributed by atoms with Gasteiger partial charge in [0, 0.05) is 13.2 Å². The molecule has 20 heavy (non-hydrogen) atoms. The summed E-state index contributed by atoms with van der Waals surface area (Å²) in [6.45, 7) is 5.27. The quantitative estimate of drug-likeness (QED) is 0.879. The molecule has 2 rings (SSSR count). The molecule has 4 heteroatoms. The van der Waals surface area contributed by atoms with Crippen molar-refractivity contribution in [2.45, 2.75) is 26.3 Å². The maximum absolute atomic E-state index is 5.29. The highest BCUT2D eigenvalue weighted by atomic mass is 16.5. The zero-order chi connectivity index (χ0) is 14.5. The lowest BCUT2D eigenvalue weighted by Crippen LogP contribution is -2.26. The van der Waals surface area contributed by atoms with Crippen LogP contribution in [0.3, 0.4) is 0 Å². The Bertz CT molecular complexity index is 563. The minimum Gasteiger partial charge on any atom is -0.497 e. The van der Waals surface area contributed by atoms with Crippen molar-refractivity contribution in [3.63, 3.8) is 0 Å². The molecule has 1 heterocycles. The van der Waals surface area contributed by atoms with Crippen LogP contribution in [-0.2, 0) is 7.05 Å². The van der Waals surface area contributed by atoms with E-state index in [0.29, 0.717) is 0 Å². The van der Waals surface area contributed by atoms with Crippen LogP contribution in [0.2, 0.25) is 0 Å². The van der Waals surface area contributed by atoms with Gasteiger partial charge in [-0.3, -0.25) is 4.68 Å². The summed E-state index contributed by atoms with van der Waals surface area (Å²) in [6.07, 6.45) is 2.94. The Hall–Kier alpha value is -1.81. The summed E-state index contributed by atoms with van der Waals surface area (Å²) in [7, 11) is 3.68. The summed E-state index contributed by atoms with van der Waals surface area (Å²) in [5, 5.41) is 7.89. The second-order valence-corrected chi connectivity index (χ2v) is 4.99. The fraction of sp³-hybridized carbons (Fsp3) is 0.438. The molecular formula is C16H23N3O. The molecule has 4 nitrogen and oxygen atoms in total. The molecule has 0 fully saturated rings. The smallest absolute Gasteiger partial charge is 0.119 e. The van der Waals surface area contributed by atoms with Crippen LogP contribution in [0, 0.1) is 6.92 Å². The van der Waals surface area contributed by atoms with Crippen LogP contribution >= 0.6 is 0 Å². The Kier molecular flexibility index (Phi) is 4.79. The zero-order valence-electron chi connectivity index (χ0n) is 12.7. The van der Waals surface area contributed by atoms with Crippen molar-refractivity contribution < 1.29 is 4.74 Å². The minimum absolute atomic E-state index is 0.161. The molecule has 0 aliphatic rings. The van der Waals surface area contributed by atoms with Gasteiger partial charge in [-0.25, -0.2) is 0 Å². The molecule has 0 amide bonds. The fourth-order valence-corrected chi connectivity index (χ4v) is 2.43. The number of nitrogens with one attached hydrogen (secondary N) is 1. The lowest BCUT2D eigenvalue weighted by atomic mass is 9.98. The molecule has 0 saturated carbocycles. The standard InChI is InChI=1S/C16H23N3O/c1-5-9-17-16(15-8-10-18-19(15)3)14-7-6-13(20-4)11-12(14)2/h6-8,10-11,16-17H,5,9H2,1-4H3. The molecule has 1 N–H and O–H groups in total. The normalized spacial score (nSPS) is 12.4. The molecule has 1 aromatic carbocycles. The van der Waals surface area contributed by atoms with Gasteiger partial charge in [0.1, 0.15) is 5.75 Å². The van der Waals surface area contributed by atoms with E-state index in [4.69, 9.17) is 4.74 Å². The lowest BCUT2D eigenvalue weighted by Gasteiger charge is -2.21. The van der Waals surface area contributed by atoms with E-state index in [9.17, 15) is 0 Å². The third-order valence-electron chi connectivity index (χ3n) is 3.54. The van der Waals surface area contributed by atoms with E-state index in [-0.39, 0.29) is 6.04 Å². The molecule has 0 spiro atoms. The highest BCUT2D eigenvalue weighted by Crippen LogP contribution is 2.27. The number of rotatable bonds is 6. The first-order valence-corrected chi connectivity index (χ1v) is 7.03. The van der Waals surface area contributed by atoms with Crippen molar-refractivity contribution in [1.29, 1.82) is 0 Å². The maximum Gasteiger partial charge on any atom is 0.119 e. The van der Waals surface area contributed by atoms with E-state index in [2.05, 4.69) is 42.5 Å². The number of benzene rings is 1. The lowest BCUT2D eigenvalue weighted by molar-refractivity contribution is 0.414. The second-order valence-electron chi connectivity index (χ2n) is 4.99. The highest BCUT2D eigenvalue weighted by Gasteiger charge is 2.18. The molecule has 1 aromatic heterocycles. The van der Waals surface area contributed by atoms with Gasteiger partial charge in [0.2, 0.25) is 0 Å². The largest absolute Gasteiger partial charge is 0.497 e. The van der Waals surface area contributed by atoms with Crippen LogP contribution in [0.4, 0.5) is 0 Å². The van der Waals surface area contributed by atoms with Crippen molar-refractivity contribution in [3.8, 4) is 5.75 Å². The Morgan fingerprint density at radius 2 is 2.15 bits per heavy atom. The molecule has 0 radical (unpaired) electrons. The van der Waals surface area contributed by atoms with Crippen LogP contribution in [0.15, 0.2) is 30.5 Å². The van der Waals surface area contributed by atoms with Gasteiger partial charge in [-0.1, -0.05) is 13.0 Å². The van der Waals surface area contributed by atoms with Crippen LogP contribution in [0.25, 0.3) is 0 Å². The second kappa shape index (κ2) is 6.57. The van der Waals surface area contributed by atoms with Gasteiger partial charge in [0.25, 0.3) is 0 Å². The molecule has 2 aromatic rings. The number of aromatic nitrogens is 2. The molecule has 1 atom stereocenters. The monoisotopic (exact) mass is 273 g/mol. The first-order valence-electron chi connectivity index (χ1n) is 7.03. The SMILES string of the molecule is CCCNC(c1ccc(OC)cc1C)c1ccnn1C. The third kappa shape index (κ3) is 3.02. The summed E-state index contributed by atoms with van der Waals surface area (Å²) in [5.41, 5.74) is 3.66. The average molecular weight is 273 g/mol.